The third kappa shape index (κ3) is 1.46. The number of oxime groups is 1. The van der Waals surface area contributed by atoms with E-state index in [0.717, 1.165) is 0 Å². The Kier molecular flexibility index (Phi) is 2.39. The van der Waals surface area contributed by atoms with E-state index in [4.69, 9.17) is 10.9 Å². The van der Waals surface area contributed by atoms with Crippen LogP contribution in [0.1, 0.15) is 0 Å². The number of hydrogen-bond donors (Lipinski definition) is 3. The van der Waals surface area contributed by atoms with E-state index in [1.165, 1.54) is 0 Å². The first-order valence-corrected chi connectivity index (χ1v) is 1.77. The molecule has 4 nitrogen and oxygen atoms in total. The summed E-state index contributed by atoms with van der Waals surface area (Å²) in [7, 11) is 0. The highest BCUT2D eigenvalue weighted by Gasteiger charge is 1.96. The Balaban J connectivity index is 4.04. The lowest BCUT2D eigenvalue weighted by Crippen LogP contribution is -2.12. The molecular formula is C3H6FN3O. The summed E-state index contributed by atoms with van der Waals surface area (Å²) in [4.78, 5) is 0. The molecule has 0 amide bonds. The van der Waals surface area contributed by atoms with Crippen LogP contribution < -0.4 is 11.5 Å². The summed E-state index contributed by atoms with van der Waals surface area (Å²) in [6.45, 7) is 0. The van der Waals surface area contributed by atoms with Crippen LogP contribution in [0.2, 0.25) is 0 Å². The number of nitrogens with two attached hydrogens (primary N) is 2. The molecule has 8 heavy (non-hydrogen) atoms. The van der Waals surface area contributed by atoms with Gasteiger partial charge in [0.25, 0.3) is 0 Å². The molecule has 0 aromatic rings. The van der Waals surface area contributed by atoms with Crippen LogP contribution in [-0.4, -0.2) is 11.0 Å². The predicted molar refractivity (Wildman–Crippen MR) is 26.8 cm³/mol. The van der Waals surface area contributed by atoms with Gasteiger partial charge in [0, 0.05) is 6.20 Å². The second-order valence-corrected chi connectivity index (χ2v) is 1.000. The van der Waals surface area contributed by atoms with Gasteiger partial charge in [-0.15, -0.1) is 0 Å². The number of hydrogen-bond acceptors (Lipinski definition) is 3. The highest BCUT2D eigenvalue weighted by molar-refractivity contribution is 5.94. The van der Waals surface area contributed by atoms with Gasteiger partial charge in [-0.05, 0) is 0 Å². The number of nitrogens with zero attached hydrogens (tertiary/aromatic N) is 1. The zero-order valence-electron chi connectivity index (χ0n) is 4.00. The molecule has 0 rings (SSSR count). The monoisotopic (exact) mass is 119 g/mol. The van der Waals surface area contributed by atoms with Crippen molar-refractivity contribution in [2.75, 3.05) is 0 Å². The molecule has 46 valence electrons. The Labute approximate surface area is 45.3 Å². The molecule has 0 radical (unpaired) electrons. The van der Waals surface area contributed by atoms with E-state index in [9.17, 15) is 4.39 Å². The van der Waals surface area contributed by atoms with Crippen LogP contribution in [0.4, 0.5) is 4.39 Å². The van der Waals surface area contributed by atoms with Crippen molar-refractivity contribution in [3.8, 4) is 0 Å². The summed E-state index contributed by atoms with van der Waals surface area (Å²) in [5, 5.41) is 10.1. The Hall–Kier alpha value is -1.26. The maximum Gasteiger partial charge on any atom is 0.200 e. The average molecular weight is 119 g/mol. The van der Waals surface area contributed by atoms with E-state index in [-0.39, 0.29) is 0 Å². The Morgan fingerprint density at radius 3 is 2.38 bits per heavy atom. The Bertz CT molecular complexity index is 114. The molecule has 0 aromatic heterocycles. The fraction of sp³-hybridized carbons (Fsp3) is 0. The maximum atomic E-state index is 11.8. The molecule has 5 N–H and O–H groups in total. The third-order valence-electron chi connectivity index (χ3n) is 0.499. The number of rotatable bonds is 1. The molecular weight excluding hydrogens is 113 g/mol. The fourth-order valence-corrected chi connectivity index (χ4v) is 0.133. The van der Waals surface area contributed by atoms with E-state index in [1.807, 2.05) is 0 Å². The van der Waals surface area contributed by atoms with E-state index in [0.29, 0.717) is 6.20 Å². The van der Waals surface area contributed by atoms with E-state index in [1.54, 1.807) is 0 Å². The lowest BCUT2D eigenvalue weighted by molar-refractivity contribution is 0.317. The zero-order valence-corrected chi connectivity index (χ0v) is 4.00. The van der Waals surface area contributed by atoms with Gasteiger partial charge in [-0.3, -0.25) is 0 Å². The van der Waals surface area contributed by atoms with Crippen molar-refractivity contribution < 1.29 is 9.60 Å². The maximum absolute atomic E-state index is 11.8. The zero-order chi connectivity index (χ0) is 6.57. The second-order valence-electron chi connectivity index (χ2n) is 1.000. The normalized spacial score (nSPS) is 14.1. The molecule has 0 atom stereocenters. The van der Waals surface area contributed by atoms with Crippen LogP contribution in [0.15, 0.2) is 17.2 Å². The van der Waals surface area contributed by atoms with E-state index < -0.39 is 11.7 Å². The van der Waals surface area contributed by atoms with Gasteiger partial charge in [0.15, 0.2) is 11.7 Å². The molecule has 0 unspecified atom stereocenters. The summed E-state index contributed by atoms with van der Waals surface area (Å²) >= 11 is 0. The van der Waals surface area contributed by atoms with Crippen LogP contribution in [-0.2, 0) is 0 Å². The highest BCUT2D eigenvalue weighted by Crippen LogP contribution is 1.90. The number of halogens is 1. The molecule has 0 aliphatic heterocycles. The molecule has 0 heterocycles. The van der Waals surface area contributed by atoms with Crippen molar-refractivity contribution in [2.45, 2.75) is 0 Å². The first kappa shape index (κ1) is 6.74. The minimum Gasteiger partial charge on any atom is -0.409 e. The van der Waals surface area contributed by atoms with E-state index in [2.05, 4.69) is 10.9 Å². The SMILES string of the molecule is NC=C(F)C(N)=NO. The van der Waals surface area contributed by atoms with Crippen molar-refractivity contribution in [1.29, 1.82) is 0 Å². The van der Waals surface area contributed by atoms with Crippen molar-refractivity contribution in [3.63, 3.8) is 0 Å². The molecule has 0 aliphatic rings. The van der Waals surface area contributed by atoms with Gasteiger partial charge in [-0.1, -0.05) is 5.16 Å². The second kappa shape index (κ2) is 2.84. The first-order chi connectivity index (χ1) is 3.72. The quantitative estimate of drug-likeness (QED) is 0.188. The van der Waals surface area contributed by atoms with Crippen molar-refractivity contribution in [2.24, 2.45) is 16.6 Å². The van der Waals surface area contributed by atoms with Crippen molar-refractivity contribution in [1.82, 2.24) is 0 Å². The summed E-state index contributed by atoms with van der Waals surface area (Å²) in [5.74, 6) is -1.56. The minimum absolute atomic E-state index is 0.606. The Morgan fingerprint density at radius 1 is 1.75 bits per heavy atom. The van der Waals surface area contributed by atoms with Gasteiger partial charge in [0.2, 0.25) is 0 Å². The lowest BCUT2D eigenvalue weighted by Gasteiger charge is -1.87. The van der Waals surface area contributed by atoms with E-state index >= 15 is 0 Å². The number of amidine groups is 1. The summed E-state index contributed by atoms with van der Waals surface area (Å²) in [6.07, 6.45) is 0.606. The van der Waals surface area contributed by atoms with Crippen LogP contribution in [0, 0.1) is 0 Å². The molecule has 0 spiro atoms. The lowest BCUT2D eigenvalue weighted by atomic mass is 10.5. The minimum atomic E-state index is -0.937. The summed E-state index contributed by atoms with van der Waals surface area (Å²) in [6, 6.07) is 0. The van der Waals surface area contributed by atoms with Gasteiger partial charge in [0.05, 0.1) is 0 Å². The smallest absolute Gasteiger partial charge is 0.200 e. The summed E-state index contributed by atoms with van der Waals surface area (Å²) in [5.41, 5.74) is 9.34. The van der Waals surface area contributed by atoms with Crippen molar-refractivity contribution in [3.05, 3.63) is 12.0 Å². The predicted octanol–water partition coefficient (Wildman–Crippen LogP) is -0.498. The van der Waals surface area contributed by atoms with Crippen LogP contribution in [0.5, 0.6) is 0 Å². The molecule has 0 saturated heterocycles. The first-order valence-electron chi connectivity index (χ1n) is 1.77. The highest BCUT2D eigenvalue weighted by atomic mass is 19.1. The molecule has 0 fully saturated rings. The van der Waals surface area contributed by atoms with Gasteiger partial charge in [0.1, 0.15) is 0 Å². The summed E-state index contributed by atoms with van der Waals surface area (Å²) < 4.78 is 11.8. The third-order valence-corrected chi connectivity index (χ3v) is 0.499. The van der Waals surface area contributed by atoms with Gasteiger partial charge in [-0.25, -0.2) is 4.39 Å². The van der Waals surface area contributed by atoms with Gasteiger partial charge < -0.3 is 16.7 Å². The van der Waals surface area contributed by atoms with Crippen molar-refractivity contribution >= 4 is 5.84 Å². The van der Waals surface area contributed by atoms with Crippen LogP contribution in [0.25, 0.3) is 0 Å². The molecule has 0 aliphatic carbocycles. The molecule has 0 saturated carbocycles. The fourth-order valence-electron chi connectivity index (χ4n) is 0.133. The molecule has 0 bridgehead atoms. The Morgan fingerprint density at radius 2 is 2.25 bits per heavy atom. The van der Waals surface area contributed by atoms with Crippen LogP contribution in [0.3, 0.4) is 0 Å². The largest absolute Gasteiger partial charge is 0.409 e. The van der Waals surface area contributed by atoms with Crippen LogP contribution >= 0.6 is 0 Å². The van der Waals surface area contributed by atoms with Gasteiger partial charge in [-0.2, -0.15) is 0 Å². The topological polar surface area (TPSA) is 84.6 Å². The molecule has 5 heteroatoms. The van der Waals surface area contributed by atoms with Gasteiger partial charge >= 0.3 is 0 Å². The standard InChI is InChI=1S/C3H6FN3O/c4-2(1-5)3(6)7-8/h1,8H,5H2,(H2,6,7). The molecule has 0 aromatic carbocycles. The average Bonchev–Trinajstić information content (AvgIpc) is 1.84.